The van der Waals surface area contributed by atoms with E-state index in [1.54, 1.807) is 12.1 Å². The van der Waals surface area contributed by atoms with Gasteiger partial charge in [0.25, 0.3) is 0 Å². The Morgan fingerprint density at radius 3 is 1.47 bits per heavy atom. The average molecular weight is 208 g/mol. The molecule has 0 aromatic heterocycles. The molecule has 80 valence electrons. The fraction of sp³-hybridized carbons (Fsp3) is 0.556. The van der Waals surface area contributed by atoms with E-state index < -0.39 is 29.1 Å². The van der Waals surface area contributed by atoms with Crippen LogP contribution in [0.25, 0.3) is 0 Å². The van der Waals surface area contributed by atoms with E-state index in [1.807, 2.05) is 0 Å². The van der Waals surface area contributed by atoms with E-state index >= 15 is 0 Å². The van der Waals surface area contributed by atoms with Gasteiger partial charge in [0, 0.05) is 5.41 Å². The van der Waals surface area contributed by atoms with Gasteiger partial charge in [-0.05, 0) is 0 Å². The van der Waals surface area contributed by atoms with Crippen LogP contribution in [0.3, 0.4) is 0 Å². The van der Waals surface area contributed by atoms with Crippen LogP contribution in [-0.2, 0) is 9.59 Å². The van der Waals surface area contributed by atoms with E-state index in [0.29, 0.717) is 0 Å². The third-order valence-corrected chi connectivity index (χ3v) is 2.32. The third kappa shape index (κ3) is 2.44. The Kier molecular flexibility index (Phi) is 3.81. The molecule has 0 spiro atoms. The summed E-state index contributed by atoms with van der Waals surface area (Å²) in [5, 5.41) is 17.5. The molecule has 6 heteroatoms. The van der Waals surface area contributed by atoms with E-state index in [2.05, 4.69) is 0 Å². The molecule has 0 heterocycles. The molecule has 0 aromatic rings. The maximum Gasteiger partial charge on any atom is 0.235 e. The van der Waals surface area contributed by atoms with Gasteiger partial charge < -0.3 is 11.5 Å². The van der Waals surface area contributed by atoms with Crippen LogP contribution in [0.5, 0.6) is 0 Å². The fourth-order valence-corrected chi connectivity index (χ4v) is 1.36. The molecule has 0 saturated carbocycles. The lowest BCUT2D eigenvalue weighted by Crippen LogP contribution is -2.44. The second-order valence-corrected chi connectivity index (χ2v) is 3.75. The lowest BCUT2D eigenvalue weighted by atomic mass is 9.69. The molecule has 4 N–H and O–H groups in total. The lowest BCUT2D eigenvalue weighted by molar-refractivity contribution is -0.128. The van der Waals surface area contributed by atoms with Gasteiger partial charge in [-0.15, -0.1) is 0 Å². The molecule has 0 unspecified atom stereocenters. The van der Waals surface area contributed by atoms with E-state index in [9.17, 15) is 9.59 Å². The number of hydrogen-bond donors (Lipinski definition) is 2. The zero-order chi connectivity index (χ0) is 12.2. The quantitative estimate of drug-likeness (QED) is 0.629. The summed E-state index contributed by atoms with van der Waals surface area (Å²) in [7, 11) is 0. The molecule has 6 nitrogen and oxygen atoms in total. The van der Waals surface area contributed by atoms with Gasteiger partial charge in [-0.3, -0.25) is 9.59 Å². The lowest BCUT2D eigenvalue weighted by Gasteiger charge is -2.30. The van der Waals surface area contributed by atoms with Crippen molar-refractivity contribution in [2.24, 2.45) is 28.7 Å². The topological polar surface area (TPSA) is 134 Å². The summed E-state index contributed by atoms with van der Waals surface area (Å²) < 4.78 is 0. The molecule has 0 saturated heterocycles. The van der Waals surface area contributed by atoms with Crippen molar-refractivity contribution < 1.29 is 9.59 Å². The van der Waals surface area contributed by atoms with Crippen LogP contribution < -0.4 is 11.5 Å². The molecule has 0 aliphatic heterocycles. The van der Waals surface area contributed by atoms with Gasteiger partial charge in [0.1, 0.15) is 11.8 Å². The summed E-state index contributed by atoms with van der Waals surface area (Å²) in [6, 6.07) is 3.36. The van der Waals surface area contributed by atoms with Crippen LogP contribution in [0.1, 0.15) is 13.8 Å². The molecule has 2 atom stereocenters. The summed E-state index contributed by atoms with van der Waals surface area (Å²) in [4.78, 5) is 21.9. The molecule has 0 bridgehead atoms. The zero-order valence-corrected chi connectivity index (χ0v) is 8.52. The number of carbonyl (C=O) groups is 2. The Morgan fingerprint density at radius 2 is 1.33 bits per heavy atom. The highest BCUT2D eigenvalue weighted by Gasteiger charge is 2.44. The number of nitrogens with zero attached hydrogens (tertiary/aromatic N) is 2. The number of nitrogens with two attached hydrogens (primary N) is 2. The summed E-state index contributed by atoms with van der Waals surface area (Å²) >= 11 is 0. The Bertz CT molecular complexity index is 327. The van der Waals surface area contributed by atoms with Crippen molar-refractivity contribution >= 4 is 11.8 Å². The Morgan fingerprint density at radius 1 is 1.07 bits per heavy atom. The van der Waals surface area contributed by atoms with Crippen LogP contribution >= 0.6 is 0 Å². The van der Waals surface area contributed by atoms with Crippen molar-refractivity contribution in [3.63, 3.8) is 0 Å². The minimum atomic E-state index is -1.23. The maximum atomic E-state index is 11.0. The first-order valence-corrected chi connectivity index (χ1v) is 4.16. The van der Waals surface area contributed by atoms with Gasteiger partial charge in [-0.25, -0.2) is 0 Å². The van der Waals surface area contributed by atoms with Gasteiger partial charge in [0.15, 0.2) is 0 Å². The average Bonchev–Trinajstić information content (AvgIpc) is 2.02. The van der Waals surface area contributed by atoms with E-state index in [-0.39, 0.29) is 0 Å². The van der Waals surface area contributed by atoms with Gasteiger partial charge in [-0.2, -0.15) is 10.5 Å². The van der Waals surface area contributed by atoms with Crippen molar-refractivity contribution in [3.8, 4) is 12.1 Å². The Labute approximate surface area is 87.4 Å². The maximum absolute atomic E-state index is 11.0. The van der Waals surface area contributed by atoms with Crippen LogP contribution in [-0.4, -0.2) is 11.8 Å². The first-order chi connectivity index (χ1) is 6.78. The number of nitriles is 2. The van der Waals surface area contributed by atoms with Crippen molar-refractivity contribution in [1.29, 1.82) is 10.5 Å². The smallest absolute Gasteiger partial charge is 0.235 e. The number of primary amides is 2. The molecule has 0 rings (SSSR count). The fourth-order valence-electron chi connectivity index (χ4n) is 1.36. The molecule has 0 aliphatic rings. The number of amides is 2. The Balaban J connectivity index is 5.29. The normalized spacial score (nSPS) is 14.4. The summed E-state index contributed by atoms with van der Waals surface area (Å²) in [6.45, 7) is 2.87. The van der Waals surface area contributed by atoms with Crippen molar-refractivity contribution in [2.45, 2.75) is 13.8 Å². The van der Waals surface area contributed by atoms with Gasteiger partial charge in [0.2, 0.25) is 11.8 Å². The first-order valence-electron chi connectivity index (χ1n) is 4.16. The van der Waals surface area contributed by atoms with Crippen molar-refractivity contribution in [1.82, 2.24) is 0 Å². The zero-order valence-electron chi connectivity index (χ0n) is 8.52. The first kappa shape index (κ1) is 12.9. The highest BCUT2D eigenvalue weighted by molar-refractivity contribution is 5.84. The molecular weight excluding hydrogens is 196 g/mol. The molecule has 0 aliphatic carbocycles. The van der Waals surface area contributed by atoms with Gasteiger partial charge in [0.05, 0.1) is 12.1 Å². The monoisotopic (exact) mass is 208 g/mol. The predicted octanol–water partition coefficient (Wildman–Crippen LogP) is -0.737. The summed E-state index contributed by atoms with van der Waals surface area (Å²) in [6.07, 6.45) is 0. The SMILES string of the molecule is CC(C)([C@H](C#N)C(N)=O)[C@H](C#N)C(N)=O. The third-order valence-electron chi connectivity index (χ3n) is 2.32. The van der Waals surface area contributed by atoms with E-state index in [0.717, 1.165) is 0 Å². The number of rotatable bonds is 4. The van der Waals surface area contributed by atoms with Crippen LogP contribution in [0, 0.1) is 39.9 Å². The second-order valence-electron chi connectivity index (χ2n) is 3.75. The molecule has 2 amide bonds. The Hall–Kier alpha value is -2.08. The summed E-state index contributed by atoms with van der Waals surface area (Å²) in [5.41, 5.74) is 8.81. The largest absolute Gasteiger partial charge is 0.369 e. The van der Waals surface area contributed by atoms with E-state index in [1.165, 1.54) is 13.8 Å². The molecule has 0 radical (unpaired) electrons. The van der Waals surface area contributed by atoms with Crippen molar-refractivity contribution in [3.05, 3.63) is 0 Å². The standard InChI is InChI=1S/C9H12N4O2/c1-9(2,5(3-10)7(12)14)6(4-11)8(13)15/h5-6H,1-2H3,(H2,12,14)(H2,13,15)/t5-,6-/m1/s1. The van der Waals surface area contributed by atoms with Gasteiger partial charge >= 0.3 is 0 Å². The second kappa shape index (κ2) is 4.43. The molecule has 0 fully saturated rings. The van der Waals surface area contributed by atoms with Crippen molar-refractivity contribution in [2.75, 3.05) is 0 Å². The predicted molar refractivity (Wildman–Crippen MR) is 50.4 cm³/mol. The van der Waals surface area contributed by atoms with Crippen LogP contribution in [0.2, 0.25) is 0 Å². The summed E-state index contributed by atoms with van der Waals surface area (Å²) in [5.74, 6) is -4.20. The molecular formula is C9H12N4O2. The van der Waals surface area contributed by atoms with Gasteiger partial charge in [-0.1, -0.05) is 13.8 Å². The van der Waals surface area contributed by atoms with Crippen LogP contribution in [0.4, 0.5) is 0 Å². The highest BCUT2D eigenvalue weighted by atomic mass is 16.1. The van der Waals surface area contributed by atoms with Crippen LogP contribution in [0.15, 0.2) is 0 Å². The molecule has 15 heavy (non-hydrogen) atoms. The highest BCUT2D eigenvalue weighted by Crippen LogP contribution is 2.34. The number of carbonyl (C=O) groups excluding carboxylic acids is 2. The minimum absolute atomic E-state index is 0.871. The number of hydrogen-bond acceptors (Lipinski definition) is 4. The minimum Gasteiger partial charge on any atom is -0.369 e. The van der Waals surface area contributed by atoms with E-state index in [4.69, 9.17) is 22.0 Å². The molecule has 0 aromatic carbocycles.